The Kier molecular flexibility index (Phi) is 3.65. The van der Waals surface area contributed by atoms with Gasteiger partial charge in [-0.05, 0) is 20.8 Å². The molecule has 0 aromatic heterocycles. The van der Waals surface area contributed by atoms with Crippen LogP contribution in [0.2, 0.25) is 0 Å². The van der Waals surface area contributed by atoms with Crippen molar-refractivity contribution in [1.29, 1.82) is 0 Å². The van der Waals surface area contributed by atoms with Crippen LogP contribution in [-0.4, -0.2) is 40.6 Å². The number of ketones is 2. The third-order valence-corrected chi connectivity index (χ3v) is 4.79. The van der Waals surface area contributed by atoms with Crippen molar-refractivity contribution in [3.05, 3.63) is 39.9 Å². The van der Waals surface area contributed by atoms with Gasteiger partial charge in [-0.15, -0.1) is 0 Å². The van der Waals surface area contributed by atoms with Crippen molar-refractivity contribution in [2.45, 2.75) is 26.2 Å². The van der Waals surface area contributed by atoms with Gasteiger partial charge < -0.3 is 24.8 Å². The molecule has 1 aliphatic heterocycles. The lowest BCUT2D eigenvalue weighted by atomic mass is 9.71. The lowest BCUT2D eigenvalue weighted by molar-refractivity contribution is -0.120. The summed E-state index contributed by atoms with van der Waals surface area (Å²) in [7, 11) is 1.39. The van der Waals surface area contributed by atoms with E-state index in [1.54, 1.807) is 0 Å². The Morgan fingerprint density at radius 3 is 2.48 bits per heavy atom. The number of phenolic OH excluding ortho intramolecular Hbond substituents is 2. The van der Waals surface area contributed by atoms with Gasteiger partial charge in [0.2, 0.25) is 0 Å². The zero-order chi connectivity index (χ0) is 18.7. The summed E-state index contributed by atoms with van der Waals surface area (Å²) in [4.78, 5) is 25.1. The number of aliphatic hydroxyl groups excluding tert-OH is 1. The molecule has 3 rings (SSSR count). The Morgan fingerprint density at radius 1 is 1.28 bits per heavy atom. The molecule has 25 heavy (non-hydrogen) atoms. The number of methoxy groups -OCH3 is 1. The largest absolute Gasteiger partial charge is 0.507 e. The van der Waals surface area contributed by atoms with Crippen LogP contribution in [0.15, 0.2) is 23.2 Å². The standard InChI is InChI=1S/C18H18O7/c1-7-14(21)12(8(2)19)16-13(15(7)22)18(3)11(25-16)5-10(20)9(6-24-4)17(18)23/h5,20-22H,6H2,1-4H3. The van der Waals surface area contributed by atoms with E-state index in [0.29, 0.717) is 0 Å². The van der Waals surface area contributed by atoms with E-state index in [2.05, 4.69) is 0 Å². The average molecular weight is 346 g/mol. The van der Waals surface area contributed by atoms with E-state index in [9.17, 15) is 24.9 Å². The molecule has 3 N–H and O–H groups in total. The molecule has 0 amide bonds. The van der Waals surface area contributed by atoms with Gasteiger partial charge in [-0.25, -0.2) is 0 Å². The van der Waals surface area contributed by atoms with Crippen molar-refractivity contribution in [1.82, 2.24) is 0 Å². The molecule has 1 aliphatic carbocycles. The Labute approximate surface area is 143 Å². The number of allylic oxidation sites excluding steroid dienone is 2. The molecule has 0 radical (unpaired) electrons. The molecule has 1 atom stereocenters. The molecule has 1 unspecified atom stereocenters. The molecule has 0 saturated heterocycles. The second-order valence-corrected chi connectivity index (χ2v) is 6.32. The number of rotatable bonds is 3. The number of ether oxygens (including phenoxy) is 2. The number of Topliss-reactive ketones (excluding diaryl/α,β-unsaturated/α-hetero) is 2. The lowest BCUT2D eigenvalue weighted by Gasteiger charge is -2.28. The number of phenols is 2. The normalized spacial score (nSPS) is 21.6. The third kappa shape index (κ3) is 2.02. The Hall–Kier alpha value is -2.80. The van der Waals surface area contributed by atoms with E-state index < -0.39 is 22.7 Å². The van der Waals surface area contributed by atoms with Gasteiger partial charge in [0, 0.05) is 18.7 Å². The summed E-state index contributed by atoms with van der Waals surface area (Å²) in [5.74, 6) is -1.98. The Morgan fingerprint density at radius 2 is 1.92 bits per heavy atom. The highest BCUT2D eigenvalue weighted by Gasteiger charge is 2.54. The van der Waals surface area contributed by atoms with Crippen LogP contribution in [0.25, 0.3) is 0 Å². The fourth-order valence-corrected chi connectivity index (χ4v) is 3.37. The zero-order valence-electron chi connectivity index (χ0n) is 14.3. The summed E-state index contributed by atoms with van der Waals surface area (Å²) in [6.07, 6.45) is 1.27. The van der Waals surface area contributed by atoms with Gasteiger partial charge in [-0.1, -0.05) is 0 Å². The van der Waals surface area contributed by atoms with Gasteiger partial charge in [0.05, 0.1) is 17.7 Å². The number of hydrogen-bond acceptors (Lipinski definition) is 7. The van der Waals surface area contributed by atoms with Gasteiger partial charge >= 0.3 is 0 Å². The average Bonchev–Trinajstić information content (AvgIpc) is 2.83. The van der Waals surface area contributed by atoms with Crippen molar-refractivity contribution in [2.24, 2.45) is 0 Å². The number of hydrogen-bond donors (Lipinski definition) is 3. The predicted octanol–water partition coefficient (Wildman–Crippen LogP) is 2.18. The van der Waals surface area contributed by atoms with Crippen LogP contribution in [0.1, 0.15) is 35.3 Å². The summed E-state index contributed by atoms with van der Waals surface area (Å²) < 4.78 is 10.6. The van der Waals surface area contributed by atoms with E-state index in [-0.39, 0.29) is 51.9 Å². The van der Waals surface area contributed by atoms with Gasteiger partial charge in [0.1, 0.15) is 39.7 Å². The number of carbonyl (C=O) groups excluding carboxylic acids is 2. The van der Waals surface area contributed by atoms with Gasteiger partial charge in [0.15, 0.2) is 11.6 Å². The highest BCUT2D eigenvalue weighted by molar-refractivity contribution is 6.11. The number of aliphatic hydroxyl groups is 1. The molecular weight excluding hydrogens is 328 g/mol. The van der Waals surface area contributed by atoms with Gasteiger partial charge in [-0.3, -0.25) is 9.59 Å². The van der Waals surface area contributed by atoms with Crippen molar-refractivity contribution in [3.63, 3.8) is 0 Å². The van der Waals surface area contributed by atoms with Crippen LogP contribution in [0, 0.1) is 6.92 Å². The maximum atomic E-state index is 13.0. The summed E-state index contributed by atoms with van der Waals surface area (Å²) in [5, 5.41) is 30.9. The van der Waals surface area contributed by atoms with E-state index in [1.165, 1.54) is 34.0 Å². The van der Waals surface area contributed by atoms with Crippen molar-refractivity contribution < 1.29 is 34.4 Å². The number of aromatic hydroxyl groups is 2. The second-order valence-electron chi connectivity index (χ2n) is 6.32. The first-order valence-electron chi connectivity index (χ1n) is 7.62. The zero-order valence-corrected chi connectivity index (χ0v) is 14.3. The second kappa shape index (κ2) is 5.35. The van der Waals surface area contributed by atoms with E-state index in [1.807, 2.05) is 0 Å². The van der Waals surface area contributed by atoms with Crippen LogP contribution >= 0.6 is 0 Å². The van der Waals surface area contributed by atoms with Gasteiger partial charge in [0.25, 0.3) is 0 Å². The quantitative estimate of drug-likeness (QED) is 0.719. The van der Waals surface area contributed by atoms with Crippen molar-refractivity contribution >= 4 is 11.6 Å². The molecule has 0 bridgehead atoms. The van der Waals surface area contributed by atoms with E-state index in [4.69, 9.17) is 9.47 Å². The van der Waals surface area contributed by atoms with Crippen LogP contribution in [0.3, 0.4) is 0 Å². The number of benzene rings is 1. The minimum absolute atomic E-state index is 0.0414. The fraction of sp³-hybridized carbons (Fsp3) is 0.333. The fourth-order valence-electron chi connectivity index (χ4n) is 3.37. The Bertz CT molecular complexity index is 891. The third-order valence-electron chi connectivity index (χ3n) is 4.79. The number of fused-ring (bicyclic) bond motifs is 3. The lowest BCUT2D eigenvalue weighted by Crippen LogP contribution is -2.38. The van der Waals surface area contributed by atoms with Crippen LogP contribution in [0.4, 0.5) is 0 Å². The molecule has 1 aromatic rings. The molecule has 0 saturated carbocycles. The summed E-state index contributed by atoms with van der Waals surface area (Å²) in [5.41, 5.74) is -1.32. The maximum absolute atomic E-state index is 13.0. The molecule has 7 heteroatoms. The minimum atomic E-state index is -1.43. The van der Waals surface area contributed by atoms with Crippen molar-refractivity contribution in [2.75, 3.05) is 13.7 Å². The molecule has 1 heterocycles. The molecule has 132 valence electrons. The molecular formula is C18H18O7. The van der Waals surface area contributed by atoms with Crippen LogP contribution in [-0.2, 0) is 14.9 Å². The first kappa shape index (κ1) is 17.0. The van der Waals surface area contributed by atoms with E-state index >= 15 is 0 Å². The number of carbonyl (C=O) groups is 2. The van der Waals surface area contributed by atoms with Crippen molar-refractivity contribution in [3.8, 4) is 17.2 Å². The maximum Gasteiger partial charge on any atom is 0.183 e. The highest BCUT2D eigenvalue weighted by Crippen LogP contribution is 2.57. The highest BCUT2D eigenvalue weighted by atomic mass is 16.5. The molecule has 0 spiro atoms. The van der Waals surface area contributed by atoms with Crippen LogP contribution in [0.5, 0.6) is 17.2 Å². The molecule has 7 nitrogen and oxygen atoms in total. The minimum Gasteiger partial charge on any atom is -0.507 e. The topological polar surface area (TPSA) is 113 Å². The first-order valence-corrected chi connectivity index (χ1v) is 7.62. The summed E-state index contributed by atoms with van der Waals surface area (Å²) in [6, 6.07) is 0. The summed E-state index contributed by atoms with van der Waals surface area (Å²) >= 11 is 0. The monoisotopic (exact) mass is 346 g/mol. The smallest absolute Gasteiger partial charge is 0.183 e. The Balaban J connectivity index is 2.36. The van der Waals surface area contributed by atoms with Crippen LogP contribution < -0.4 is 4.74 Å². The molecule has 1 aromatic carbocycles. The van der Waals surface area contributed by atoms with E-state index in [0.717, 1.165) is 0 Å². The van der Waals surface area contributed by atoms with Gasteiger partial charge in [-0.2, -0.15) is 0 Å². The molecule has 2 aliphatic rings. The predicted molar refractivity (Wildman–Crippen MR) is 87.1 cm³/mol. The first-order chi connectivity index (χ1) is 11.7. The summed E-state index contributed by atoms with van der Waals surface area (Å²) in [6.45, 7) is 4.12. The molecule has 0 fully saturated rings. The SMILES string of the molecule is COCC1=C(O)C=C2Oc3c(C(C)=O)c(O)c(C)c(O)c3C2(C)C1=O.